The van der Waals surface area contributed by atoms with E-state index in [4.69, 9.17) is 5.11 Å². The van der Waals surface area contributed by atoms with Gasteiger partial charge >= 0.3 is 5.97 Å². The van der Waals surface area contributed by atoms with Crippen molar-refractivity contribution >= 4 is 11.9 Å². The van der Waals surface area contributed by atoms with Gasteiger partial charge in [0.25, 0.3) is 5.91 Å². The maximum Gasteiger partial charge on any atom is 0.374 e. The Labute approximate surface area is 110 Å². The smallest absolute Gasteiger partial charge is 0.374 e. The number of likely N-dealkylation sites (tertiary alicyclic amines) is 1. The molecule has 0 saturated carbocycles. The zero-order valence-corrected chi connectivity index (χ0v) is 11.0. The van der Waals surface area contributed by atoms with Crippen LogP contribution in [0.15, 0.2) is 10.6 Å². The van der Waals surface area contributed by atoms with E-state index >= 15 is 0 Å². The number of carbonyl (C=O) groups excluding carboxylic acids is 1. The van der Waals surface area contributed by atoms with Gasteiger partial charge in [-0.05, 0) is 26.9 Å². The van der Waals surface area contributed by atoms with Crippen LogP contribution < -0.4 is 0 Å². The fourth-order valence-corrected chi connectivity index (χ4v) is 2.20. The Balaban J connectivity index is 2.08. The largest absolute Gasteiger partial charge is 0.475 e. The highest BCUT2D eigenvalue weighted by atomic mass is 16.5. The number of carboxylic acids is 1. The summed E-state index contributed by atoms with van der Waals surface area (Å²) in [6, 6.07) is 1.49. The molecular formula is C12H17N3O4. The van der Waals surface area contributed by atoms with Crippen LogP contribution in [0.25, 0.3) is 0 Å². The minimum Gasteiger partial charge on any atom is -0.475 e. The van der Waals surface area contributed by atoms with Crippen LogP contribution in [0.1, 0.15) is 33.9 Å². The monoisotopic (exact) mass is 267 g/mol. The summed E-state index contributed by atoms with van der Waals surface area (Å²) in [4.78, 5) is 26.7. The normalized spacial score (nSPS) is 19.7. The van der Waals surface area contributed by atoms with Gasteiger partial charge in [-0.1, -0.05) is 5.16 Å². The Morgan fingerprint density at radius 3 is 2.84 bits per heavy atom. The molecule has 1 aromatic rings. The van der Waals surface area contributed by atoms with Crippen LogP contribution in [0.4, 0.5) is 0 Å². The van der Waals surface area contributed by atoms with Crippen molar-refractivity contribution in [1.29, 1.82) is 0 Å². The third-order valence-electron chi connectivity index (χ3n) is 3.35. The molecule has 1 unspecified atom stereocenters. The SMILES string of the molecule is CN(C)C1CCCN(C(=O)c2cc(C(=O)O)on2)C1. The number of aromatic nitrogens is 1. The van der Waals surface area contributed by atoms with Gasteiger partial charge in [-0.25, -0.2) is 4.79 Å². The van der Waals surface area contributed by atoms with Crippen molar-refractivity contribution in [2.75, 3.05) is 27.2 Å². The van der Waals surface area contributed by atoms with Crippen molar-refractivity contribution < 1.29 is 19.2 Å². The lowest BCUT2D eigenvalue weighted by Gasteiger charge is -2.35. The van der Waals surface area contributed by atoms with E-state index in [2.05, 4.69) is 14.6 Å². The number of carbonyl (C=O) groups is 2. The van der Waals surface area contributed by atoms with Gasteiger partial charge in [-0.15, -0.1) is 0 Å². The first kappa shape index (κ1) is 13.5. The van der Waals surface area contributed by atoms with E-state index in [1.165, 1.54) is 6.07 Å². The van der Waals surface area contributed by atoms with Gasteiger partial charge in [0.2, 0.25) is 5.76 Å². The Morgan fingerprint density at radius 2 is 2.26 bits per heavy atom. The number of amides is 1. The molecule has 1 amide bonds. The highest BCUT2D eigenvalue weighted by molar-refractivity contribution is 5.94. The van der Waals surface area contributed by atoms with Gasteiger partial charge in [0.1, 0.15) is 0 Å². The van der Waals surface area contributed by atoms with Crippen LogP contribution in [0.3, 0.4) is 0 Å². The average Bonchev–Trinajstić information content (AvgIpc) is 2.87. The maximum atomic E-state index is 12.2. The second-order valence-corrected chi connectivity index (χ2v) is 4.89. The molecule has 1 N–H and O–H groups in total. The predicted molar refractivity (Wildman–Crippen MR) is 66.1 cm³/mol. The van der Waals surface area contributed by atoms with Gasteiger partial charge in [0.15, 0.2) is 5.69 Å². The van der Waals surface area contributed by atoms with Crippen LogP contribution >= 0.6 is 0 Å². The van der Waals surface area contributed by atoms with E-state index in [-0.39, 0.29) is 17.4 Å². The third kappa shape index (κ3) is 2.93. The van der Waals surface area contributed by atoms with Crippen LogP contribution in [0.5, 0.6) is 0 Å². The van der Waals surface area contributed by atoms with E-state index in [9.17, 15) is 9.59 Å². The quantitative estimate of drug-likeness (QED) is 0.860. The molecule has 0 bridgehead atoms. The fourth-order valence-electron chi connectivity index (χ4n) is 2.20. The molecule has 7 nitrogen and oxygen atoms in total. The van der Waals surface area contributed by atoms with Crippen molar-refractivity contribution in [3.63, 3.8) is 0 Å². The van der Waals surface area contributed by atoms with Crippen molar-refractivity contribution in [3.8, 4) is 0 Å². The first-order chi connectivity index (χ1) is 8.99. The topological polar surface area (TPSA) is 86.9 Å². The minimum atomic E-state index is -1.23. The molecule has 7 heteroatoms. The molecular weight excluding hydrogens is 250 g/mol. The van der Waals surface area contributed by atoms with Crippen molar-refractivity contribution in [3.05, 3.63) is 17.5 Å². The number of likely N-dealkylation sites (N-methyl/N-ethyl adjacent to an activating group) is 1. The number of hydrogen-bond acceptors (Lipinski definition) is 5. The average molecular weight is 267 g/mol. The molecule has 104 valence electrons. The van der Waals surface area contributed by atoms with E-state index < -0.39 is 5.97 Å². The standard InChI is InChI=1S/C12H17N3O4/c1-14(2)8-4-3-5-15(7-8)11(16)9-6-10(12(17)18)19-13-9/h6,8H,3-5,7H2,1-2H3,(H,17,18). The van der Waals surface area contributed by atoms with E-state index in [0.717, 1.165) is 12.8 Å². The second-order valence-electron chi connectivity index (χ2n) is 4.89. The van der Waals surface area contributed by atoms with Crippen molar-refractivity contribution in [1.82, 2.24) is 15.0 Å². The van der Waals surface area contributed by atoms with Crippen LogP contribution in [-0.2, 0) is 0 Å². The first-order valence-corrected chi connectivity index (χ1v) is 6.14. The van der Waals surface area contributed by atoms with Gasteiger partial charge in [-0.2, -0.15) is 0 Å². The van der Waals surface area contributed by atoms with Gasteiger partial charge < -0.3 is 19.4 Å². The Hall–Kier alpha value is -1.89. The molecule has 0 radical (unpaired) electrons. The minimum absolute atomic E-state index is 0.0526. The molecule has 1 aromatic heterocycles. The van der Waals surface area contributed by atoms with E-state index in [0.29, 0.717) is 19.1 Å². The van der Waals surface area contributed by atoms with Gasteiger partial charge in [0.05, 0.1) is 0 Å². The first-order valence-electron chi connectivity index (χ1n) is 6.14. The lowest BCUT2D eigenvalue weighted by Crippen LogP contribution is -2.47. The Kier molecular flexibility index (Phi) is 3.84. The lowest BCUT2D eigenvalue weighted by molar-refractivity contribution is 0.0616. The van der Waals surface area contributed by atoms with Gasteiger partial charge in [0, 0.05) is 25.2 Å². The number of hydrogen-bond donors (Lipinski definition) is 1. The molecule has 19 heavy (non-hydrogen) atoms. The summed E-state index contributed by atoms with van der Waals surface area (Å²) in [5.74, 6) is -1.82. The summed E-state index contributed by atoms with van der Waals surface area (Å²) in [5.41, 5.74) is 0.0526. The molecule has 1 fully saturated rings. The third-order valence-corrected chi connectivity index (χ3v) is 3.35. The zero-order chi connectivity index (χ0) is 14.0. The molecule has 2 heterocycles. The number of carboxylic acid groups (broad SMARTS) is 1. The van der Waals surface area contributed by atoms with Crippen LogP contribution in [0.2, 0.25) is 0 Å². The predicted octanol–water partition coefficient (Wildman–Crippen LogP) is 0.539. The molecule has 1 aliphatic heterocycles. The molecule has 1 aliphatic rings. The van der Waals surface area contributed by atoms with Crippen LogP contribution in [-0.4, -0.2) is 65.2 Å². The molecule has 0 spiro atoms. The summed E-state index contributed by atoms with van der Waals surface area (Å²) < 4.78 is 4.60. The molecule has 0 aromatic carbocycles. The highest BCUT2D eigenvalue weighted by Gasteiger charge is 2.28. The molecule has 2 rings (SSSR count). The number of rotatable bonds is 3. The maximum absolute atomic E-state index is 12.2. The van der Waals surface area contributed by atoms with Crippen LogP contribution in [0, 0.1) is 0 Å². The summed E-state index contributed by atoms with van der Waals surface area (Å²) in [7, 11) is 3.97. The lowest BCUT2D eigenvalue weighted by atomic mass is 10.0. The van der Waals surface area contributed by atoms with E-state index in [1.807, 2.05) is 14.1 Å². The van der Waals surface area contributed by atoms with Crippen molar-refractivity contribution in [2.45, 2.75) is 18.9 Å². The number of piperidine rings is 1. The van der Waals surface area contributed by atoms with E-state index in [1.54, 1.807) is 4.90 Å². The molecule has 0 aliphatic carbocycles. The summed E-state index contributed by atoms with van der Waals surface area (Å²) in [5, 5.41) is 12.3. The number of aromatic carboxylic acids is 1. The van der Waals surface area contributed by atoms with Crippen molar-refractivity contribution in [2.24, 2.45) is 0 Å². The fraction of sp³-hybridized carbons (Fsp3) is 0.583. The highest BCUT2D eigenvalue weighted by Crippen LogP contribution is 2.16. The second kappa shape index (κ2) is 5.40. The Morgan fingerprint density at radius 1 is 1.53 bits per heavy atom. The molecule has 1 atom stereocenters. The zero-order valence-electron chi connectivity index (χ0n) is 11.0. The summed E-state index contributed by atoms with van der Waals surface area (Å²) in [6.45, 7) is 1.29. The Bertz CT molecular complexity index is 483. The van der Waals surface area contributed by atoms with Gasteiger partial charge in [-0.3, -0.25) is 4.79 Å². The molecule has 1 saturated heterocycles. The number of nitrogens with zero attached hydrogens (tertiary/aromatic N) is 3. The summed E-state index contributed by atoms with van der Waals surface area (Å²) >= 11 is 0. The summed E-state index contributed by atoms with van der Waals surface area (Å²) in [6.07, 6.45) is 1.98.